The first-order valence-corrected chi connectivity index (χ1v) is 6.63. The Morgan fingerprint density at radius 1 is 1.38 bits per heavy atom. The average molecular weight is 290 g/mol. The van der Waals surface area contributed by atoms with Crippen LogP contribution in [0.5, 0.6) is 5.88 Å². The molecule has 0 saturated carbocycles. The van der Waals surface area contributed by atoms with Gasteiger partial charge in [0, 0.05) is 31.4 Å². The minimum Gasteiger partial charge on any atom is -0.481 e. The van der Waals surface area contributed by atoms with Crippen molar-refractivity contribution in [3.63, 3.8) is 0 Å². The highest BCUT2D eigenvalue weighted by Crippen LogP contribution is 2.24. The van der Waals surface area contributed by atoms with E-state index >= 15 is 0 Å². The maximum absolute atomic E-state index is 10.6. The number of ether oxygens (including phenoxy) is 1. The van der Waals surface area contributed by atoms with E-state index in [-0.39, 0.29) is 5.69 Å². The number of non-ortho nitro benzene ring substituents is 1. The second-order valence-electron chi connectivity index (χ2n) is 4.57. The van der Waals surface area contributed by atoms with Crippen molar-refractivity contribution < 1.29 is 9.66 Å². The number of methoxy groups -OCH3 is 1. The summed E-state index contributed by atoms with van der Waals surface area (Å²) < 4.78 is 7.08. The number of hydrogen-bond donors (Lipinski definition) is 1. The van der Waals surface area contributed by atoms with Crippen LogP contribution in [0.2, 0.25) is 0 Å². The van der Waals surface area contributed by atoms with Gasteiger partial charge in [0.1, 0.15) is 0 Å². The summed E-state index contributed by atoms with van der Waals surface area (Å²) in [6.45, 7) is 2.59. The molecule has 0 radical (unpaired) electrons. The summed E-state index contributed by atoms with van der Waals surface area (Å²) in [7, 11) is 3.46. The summed E-state index contributed by atoms with van der Waals surface area (Å²) in [6, 6.07) is 6.33. The maximum Gasteiger partial charge on any atom is 0.269 e. The molecular formula is C14H18N4O3. The number of benzene rings is 1. The van der Waals surface area contributed by atoms with Gasteiger partial charge in [-0.05, 0) is 18.6 Å². The largest absolute Gasteiger partial charge is 0.481 e. The standard InChI is InChI=1S/C14H18N4O3/c1-4-13-12(14(21-3)17(2)16-13)9-15-10-5-7-11(8-6-10)18(19)20/h5-8,15H,4,9H2,1-3H3. The predicted molar refractivity (Wildman–Crippen MR) is 79.6 cm³/mol. The average Bonchev–Trinajstić information content (AvgIpc) is 2.80. The molecule has 0 atom stereocenters. The van der Waals surface area contributed by atoms with Gasteiger partial charge in [0.25, 0.3) is 5.69 Å². The van der Waals surface area contributed by atoms with Crippen molar-refractivity contribution in [2.75, 3.05) is 12.4 Å². The minimum atomic E-state index is -0.414. The quantitative estimate of drug-likeness (QED) is 0.653. The van der Waals surface area contributed by atoms with E-state index in [0.717, 1.165) is 29.2 Å². The van der Waals surface area contributed by atoms with Crippen LogP contribution in [0.1, 0.15) is 18.2 Å². The summed E-state index contributed by atoms with van der Waals surface area (Å²) in [6.07, 6.45) is 0.814. The van der Waals surface area contributed by atoms with Crippen LogP contribution in [0, 0.1) is 10.1 Å². The molecule has 2 aromatic rings. The van der Waals surface area contributed by atoms with Crippen LogP contribution < -0.4 is 10.1 Å². The Morgan fingerprint density at radius 3 is 2.57 bits per heavy atom. The number of nitrogens with one attached hydrogen (secondary N) is 1. The predicted octanol–water partition coefficient (Wildman–Crippen LogP) is 2.51. The van der Waals surface area contributed by atoms with Crippen LogP contribution in [0.3, 0.4) is 0 Å². The van der Waals surface area contributed by atoms with Gasteiger partial charge in [-0.25, -0.2) is 4.68 Å². The van der Waals surface area contributed by atoms with Gasteiger partial charge in [-0.2, -0.15) is 5.10 Å². The van der Waals surface area contributed by atoms with Crippen LogP contribution in [-0.4, -0.2) is 21.8 Å². The summed E-state index contributed by atoms with van der Waals surface area (Å²) in [5.74, 6) is 0.723. The third-order valence-corrected chi connectivity index (χ3v) is 3.25. The highest BCUT2D eigenvalue weighted by molar-refractivity contribution is 5.49. The number of nitro groups is 1. The zero-order valence-corrected chi connectivity index (χ0v) is 12.3. The van der Waals surface area contributed by atoms with Crippen LogP contribution in [0.4, 0.5) is 11.4 Å². The number of aryl methyl sites for hydroxylation is 2. The van der Waals surface area contributed by atoms with E-state index in [0.29, 0.717) is 6.54 Å². The van der Waals surface area contributed by atoms with Crippen LogP contribution in [0.25, 0.3) is 0 Å². The molecule has 2 rings (SSSR count). The molecule has 0 bridgehead atoms. The third kappa shape index (κ3) is 3.13. The fourth-order valence-electron chi connectivity index (χ4n) is 2.21. The van der Waals surface area contributed by atoms with Crippen LogP contribution in [-0.2, 0) is 20.0 Å². The number of nitro benzene ring substituents is 1. The van der Waals surface area contributed by atoms with Crippen molar-refractivity contribution in [1.82, 2.24) is 9.78 Å². The van der Waals surface area contributed by atoms with Gasteiger partial charge in [-0.3, -0.25) is 10.1 Å². The zero-order chi connectivity index (χ0) is 15.4. The van der Waals surface area contributed by atoms with E-state index in [9.17, 15) is 10.1 Å². The molecule has 7 nitrogen and oxygen atoms in total. The van der Waals surface area contributed by atoms with Crippen LogP contribution >= 0.6 is 0 Å². The van der Waals surface area contributed by atoms with E-state index in [1.54, 1.807) is 23.9 Å². The van der Waals surface area contributed by atoms with E-state index < -0.39 is 4.92 Å². The second kappa shape index (κ2) is 6.25. The topological polar surface area (TPSA) is 82.2 Å². The lowest BCUT2D eigenvalue weighted by atomic mass is 10.2. The number of anilines is 1. The number of nitrogens with zero attached hydrogens (tertiary/aromatic N) is 3. The van der Waals surface area contributed by atoms with Crippen molar-refractivity contribution in [3.05, 3.63) is 45.6 Å². The smallest absolute Gasteiger partial charge is 0.269 e. The maximum atomic E-state index is 10.6. The third-order valence-electron chi connectivity index (χ3n) is 3.25. The number of aromatic nitrogens is 2. The molecule has 1 aromatic heterocycles. The van der Waals surface area contributed by atoms with E-state index in [1.165, 1.54) is 12.1 Å². The molecule has 0 saturated heterocycles. The molecule has 1 aromatic carbocycles. The van der Waals surface area contributed by atoms with Gasteiger partial charge in [0.15, 0.2) is 0 Å². The monoisotopic (exact) mass is 290 g/mol. The van der Waals surface area contributed by atoms with Crippen molar-refractivity contribution >= 4 is 11.4 Å². The summed E-state index contributed by atoms with van der Waals surface area (Å²) in [4.78, 5) is 10.2. The normalized spacial score (nSPS) is 10.4. The first kappa shape index (κ1) is 14.8. The van der Waals surface area contributed by atoms with Crippen molar-refractivity contribution in [2.24, 2.45) is 7.05 Å². The second-order valence-corrected chi connectivity index (χ2v) is 4.57. The molecule has 0 aliphatic carbocycles. The Hall–Kier alpha value is -2.57. The molecule has 112 valence electrons. The molecule has 0 fully saturated rings. The Morgan fingerprint density at radius 2 is 2.05 bits per heavy atom. The fourth-order valence-corrected chi connectivity index (χ4v) is 2.21. The number of hydrogen-bond acceptors (Lipinski definition) is 5. The Balaban J connectivity index is 2.14. The van der Waals surface area contributed by atoms with Gasteiger partial charge in [-0.1, -0.05) is 6.92 Å². The molecule has 1 N–H and O–H groups in total. The Kier molecular flexibility index (Phi) is 4.42. The lowest BCUT2D eigenvalue weighted by Crippen LogP contribution is -2.03. The van der Waals surface area contributed by atoms with Gasteiger partial charge < -0.3 is 10.1 Å². The molecule has 7 heteroatoms. The number of rotatable bonds is 6. The summed E-state index contributed by atoms with van der Waals surface area (Å²) in [5, 5.41) is 18.3. The summed E-state index contributed by atoms with van der Waals surface area (Å²) >= 11 is 0. The van der Waals surface area contributed by atoms with Crippen LogP contribution in [0.15, 0.2) is 24.3 Å². The molecule has 0 amide bonds. The highest BCUT2D eigenvalue weighted by Gasteiger charge is 2.15. The van der Waals surface area contributed by atoms with E-state index in [2.05, 4.69) is 10.4 Å². The van der Waals surface area contributed by atoms with Gasteiger partial charge in [0.2, 0.25) is 5.88 Å². The van der Waals surface area contributed by atoms with Gasteiger partial charge >= 0.3 is 0 Å². The molecule has 0 aliphatic heterocycles. The summed E-state index contributed by atoms with van der Waals surface area (Å²) in [5.41, 5.74) is 2.87. The van der Waals surface area contributed by atoms with E-state index in [4.69, 9.17) is 4.74 Å². The van der Waals surface area contributed by atoms with Gasteiger partial charge in [0.05, 0.1) is 23.3 Å². The molecule has 21 heavy (non-hydrogen) atoms. The lowest BCUT2D eigenvalue weighted by Gasteiger charge is -2.08. The minimum absolute atomic E-state index is 0.0776. The fraction of sp³-hybridized carbons (Fsp3) is 0.357. The molecule has 1 heterocycles. The molecule has 0 aliphatic rings. The van der Waals surface area contributed by atoms with Crippen molar-refractivity contribution in [3.8, 4) is 5.88 Å². The lowest BCUT2D eigenvalue weighted by molar-refractivity contribution is -0.384. The first-order valence-electron chi connectivity index (χ1n) is 6.63. The highest BCUT2D eigenvalue weighted by atomic mass is 16.6. The van der Waals surface area contributed by atoms with Crippen molar-refractivity contribution in [2.45, 2.75) is 19.9 Å². The van der Waals surface area contributed by atoms with E-state index in [1.807, 2.05) is 14.0 Å². The Labute approximate surface area is 122 Å². The Bertz CT molecular complexity index is 634. The van der Waals surface area contributed by atoms with Crippen molar-refractivity contribution in [1.29, 1.82) is 0 Å². The van der Waals surface area contributed by atoms with Gasteiger partial charge in [-0.15, -0.1) is 0 Å². The first-order chi connectivity index (χ1) is 10.1. The SMILES string of the molecule is CCc1nn(C)c(OC)c1CNc1ccc([N+](=O)[O-])cc1. The molecule has 0 spiro atoms. The zero-order valence-electron chi connectivity index (χ0n) is 12.3. The molecule has 0 unspecified atom stereocenters. The molecular weight excluding hydrogens is 272 g/mol.